The Morgan fingerprint density at radius 1 is 1.03 bits per heavy atom. The highest BCUT2D eigenvalue weighted by Crippen LogP contribution is 2.42. The summed E-state index contributed by atoms with van der Waals surface area (Å²) in [5.41, 5.74) is 0.723. The first-order valence-corrected chi connectivity index (χ1v) is 10.9. The Morgan fingerprint density at radius 2 is 1.74 bits per heavy atom. The van der Waals surface area contributed by atoms with Gasteiger partial charge in [0.2, 0.25) is 17.7 Å². The fourth-order valence-electron chi connectivity index (χ4n) is 5.10. The molecule has 4 rings (SSSR count). The molecule has 6 heteroatoms. The third kappa shape index (κ3) is 3.75. The molecule has 2 fully saturated rings. The lowest BCUT2D eigenvalue weighted by Crippen LogP contribution is -2.51. The van der Waals surface area contributed by atoms with Crippen molar-refractivity contribution in [3.63, 3.8) is 0 Å². The summed E-state index contributed by atoms with van der Waals surface area (Å²) in [6.07, 6.45) is 4.60. The lowest BCUT2D eigenvalue weighted by molar-refractivity contribution is -0.138. The summed E-state index contributed by atoms with van der Waals surface area (Å²) in [5, 5.41) is 5.46. The maximum atomic E-state index is 13.8. The van der Waals surface area contributed by atoms with Gasteiger partial charge in [0.1, 0.15) is 5.82 Å². The second-order valence-electron chi connectivity index (χ2n) is 8.64. The summed E-state index contributed by atoms with van der Waals surface area (Å²) in [4.78, 5) is 37.5. The lowest BCUT2D eigenvalue weighted by atomic mass is 9.72. The molecule has 1 saturated heterocycles. The maximum Gasteiger partial charge on any atom is 0.237 e. The van der Waals surface area contributed by atoms with Gasteiger partial charge in [0.25, 0.3) is 0 Å². The summed E-state index contributed by atoms with van der Waals surface area (Å²) in [5.74, 6) is -0.971. The van der Waals surface area contributed by atoms with Crippen molar-refractivity contribution in [3.05, 3.63) is 65.5 Å². The predicted octanol–water partition coefficient (Wildman–Crippen LogP) is 4.36. The fraction of sp³-hybridized carbons (Fsp3) is 0.400. The fourth-order valence-corrected chi connectivity index (χ4v) is 5.10. The van der Waals surface area contributed by atoms with Crippen LogP contribution in [0.25, 0.3) is 0 Å². The van der Waals surface area contributed by atoms with Crippen molar-refractivity contribution >= 4 is 23.4 Å². The van der Waals surface area contributed by atoms with Crippen molar-refractivity contribution in [2.45, 2.75) is 62.7 Å². The number of imide groups is 1. The third-order valence-corrected chi connectivity index (χ3v) is 7.03. The number of benzene rings is 2. The zero-order valence-electron chi connectivity index (χ0n) is 17.7. The number of rotatable bonds is 5. The molecule has 2 aromatic rings. The van der Waals surface area contributed by atoms with Crippen molar-refractivity contribution in [3.8, 4) is 0 Å². The van der Waals surface area contributed by atoms with Gasteiger partial charge in [-0.1, -0.05) is 44.0 Å². The van der Waals surface area contributed by atoms with E-state index in [4.69, 9.17) is 0 Å². The van der Waals surface area contributed by atoms with Gasteiger partial charge in [0.05, 0.1) is 10.8 Å². The highest BCUT2D eigenvalue weighted by Gasteiger charge is 2.44. The van der Waals surface area contributed by atoms with E-state index in [1.807, 2.05) is 25.1 Å². The van der Waals surface area contributed by atoms with Gasteiger partial charge >= 0.3 is 0 Å². The minimum Gasteiger partial charge on any atom is -0.325 e. The van der Waals surface area contributed by atoms with Crippen molar-refractivity contribution < 1.29 is 18.8 Å². The number of anilines is 1. The molecule has 2 aliphatic rings. The molecule has 1 saturated carbocycles. The van der Waals surface area contributed by atoms with Gasteiger partial charge in [-0.2, -0.15) is 0 Å². The summed E-state index contributed by atoms with van der Waals surface area (Å²) >= 11 is 0. The predicted molar refractivity (Wildman–Crippen MR) is 116 cm³/mol. The number of carbonyl (C=O) groups excluding carboxylic acids is 3. The van der Waals surface area contributed by atoms with E-state index in [1.54, 1.807) is 18.2 Å². The molecule has 0 aromatic heterocycles. The number of amides is 3. The van der Waals surface area contributed by atoms with Crippen LogP contribution in [-0.4, -0.2) is 17.7 Å². The van der Waals surface area contributed by atoms with Gasteiger partial charge in [-0.15, -0.1) is 0 Å². The van der Waals surface area contributed by atoms with Crippen molar-refractivity contribution in [1.29, 1.82) is 0 Å². The van der Waals surface area contributed by atoms with Crippen LogP contribution in [0.3, 0.4) is 0 Å². The van der Waals surface area contributed by atoms with Crippen LogP contribution in [0.4, 0.5) is 10.1 Å². The molecule has 2 aromatic carbocycles. The zero-order chi connectivity index (χ0) is 22.1. The molecule has 3 amide bonds. The first-order chi connectivity index (χ1) is 14.9. The van der Waals surface area contributed by atoms with Gasteiger partial charge in [0, 0.05) is 12.1 Å². The van der Waals surface area contributed by atoms with Gasteiger partial charge in [-0.25, -0.2) is 4.39 Å². The van der Waals surface area contributed by atoms with Crippen molar-refractivity contribution in [2.24, 2.45) is 0 Å². The van der Waals surface area contributed by atoms with Gasteiger partial charge in [-0.3, -0.25) is 19.7 Å². The van der Waals surface area contributed by atoms with E-state index in [0.29, 0.717) is 43.4 Å². The molecule has 1 aliphatic heterocycles. The molecule has 1 heterocycles. The number of hydrogen-bond donors (Lipinski definition) is 2. The lowest BCUT2D eigenvalue weighted by Gasteiger charge is -2.35. The zero-order valence-corrected chi connectivity index (χ0v) is 17.7. The third-order valence-electron chi connectivity index (χ3n) is 7.03. The van der Waals surface area contributed by atoms with E-state index < -0.39 is 10.8 Å². The van der Waals surface area contributed by atoms with Gasteiger partial charge in [0.15, 0.2) is 0 Å². The average Bonchev–Trinajstić information content (AvgIpc) is 3.26. The van der Waals surface area contributed by atoms with Crippen LogP contribution < -0.4 is 10.6 Å². The largest absolute Gasteiger partial charge is 0.325 e. The Hall–Kier alpha value is -3.02. The van der Waals surface area contributed by atoms with E-state index >= 15 is 0 Å². The van der Waals surface area contributed by atoms with Crippen LogP contribution in [0.2, 0.25) is 0 Å². The summed E-state index contributed by atoms with van der Waals surface area (Å²) in [7, 11) is 0. The Morgan fingerprint density at radius 3 is 2.35 bits per heavy atom. The van der Waals surface area contributed by atoms with Crippen LogP contribution in [0.15, 0.2) is 48.5 Å². The quantitative estimate of drug-likeness (QED) is 0.703. The number of carbonyl (C=O) groups is 3. The Balaban J connectivity index is 1.56. The first kappa shape index (κ1) is 21.2. The second kappa shape index (κ2) is 8.25. The molecular weight excluding hydrogens is 395 g/mol. The molecule has 0 radical (unpaired) electrons. The minimum atomic E-state index is -0.731. The Kier molecular flexibility index (Phi) is 5.65. The highest BCUT2D eigenvalue weighted by atomic mass is 19.1. The molecule has 0 bridgehead atoms. The SMILES string of the molecule is CCC1(c2ccc(NC(=O)C3(c4cccc(F)c4)CCCC3)cc2)CCC(=O)NC1=O. The minimum absolute atomic E-state index is 0.130. The molecule has 5 nitrogen and oxygen atoms in total. The van der Waals surface area contributed by atoms with E-state index in [-0.39, 0.29) is 23.5 Å². The van der Waals surface area contributed by atoms with Crippen LogP contribution in [-0.2, 0) is 25.2 Å². The smallest absolute Gasteiger partial charge is 0.237 e. The Labute approximate surface area is 181 Å². The molecule has 1 aliphatic carbocycles. The van der Waals surface area contributed by atoms with Crippen LogP contribution in [0, 0.1) is 5.82 Å². The van der Waals surface area contributed by atoms with Crippen molar-refractivity contribution in [1.82, 2.24) is 5.32 Å². The van der Waals surface area contributed by atoms with Crippen LogP contribution in [0.1, 0.15) is 63.0 Å². The molecule has 2 N–H and O–H groups in total. The highest BCUT2D eigenvalue weighted by molar-refractivity contribution is 6.03. The monoisotopic (exact) mass is 422 g/mol. The van der Waals surface area contributed by atoms with Crippen LogP contribution in [0.5, 0.6) is 0 Å². The second-order valence-corrected chi connectivity index (χ2v) is 8.64. The number of nitrogens with one attached hydrogen (secondary N) is 2. The topological polar surface area (TPSA) is 75.3 Å². The molecular formula is C25H27FN2O3. The van der Waals surface area contributed by atoms with Crippen molar-refractivity contribution in [2.75, 3.05) is 5.32 Å². The van der Waals surface area contributed by atoms with E-state index in [2.05, 4.69) is 10.6 Å². The normalized spacial score (nSPS) is 22.8. The summed E-state index contributed by atoms with van der Waals surface area (Å²) in [6.45, 7) is 1.94. The molecule has 31 heavy (non-hydrogen) atoms. The van der Waals surface area contributed by atoms with E-state index in [0.717, 1.165) is 18.4 Å². The van der Waals surface area contributed by atoms with E-state index in [9.17, 15) is 18.8 Å². The maximum absolute atomic E-state index is 13.8. The number of hydrogen-bond acceptors (Lipinski definition) is 3. The standard InChI is InChI=1S/C25H27FN2O3/c1-2-24(15-12-21(29)28-22(24)30)17-8-10-20(11-9-17)27-23(31)25(13-3-4-14-25)18-6-5-7-19(26)16-18/h5-11,16H,2-4,12-15H2,1H3,(H,27,31)(H,28,29,30). The Bertz CT molecular complexity index is 1010. The van der Waals surface area contributed by atoms with E-state index in [1.165, 1.54) is 12.1 Å². The first-order valence-electron chi connectivity index (χ1n) is 10.9. The molecule has 1 unspecified atom stereocenters. The molecule has 1 atom stereocenters. The number of piperidine rings is 1. The molecule has 162 valence electrons. The summed E-state index contributed by atoms with van der Waals surface area (Å²) < 4.78 is 13.8. The molecule has 0 spiro atoms. The van der Waals surface area contributed by atoms with Gasteiger partial charge in [-0.05, 0) is 61.1 Å². The van der Waals surface area contributed by atoms with Crippen LogP contribution >= 0.6 is 0 Å². The number of halogens is 1. The average molecular weight is 423 g/mol. The summed E-state index contributed by atoms with van der Waals surface area (Å²) in [6, 6.07) is 13.6. The van der Waals surface area contributed by atoms with Gasteiger partial charge < -0.3 is 5.32 Å².